The van der Waals surface area contributed by atoms with Crippen molar-refractivity contribution in [2.24, 2.45) is 5.41 Å². The number of ether oxygens (including phenoxy) is 1. The summed E-state index contributed by atoms with van der Waals surface area (Å²) in [6, 6.07) is 9.77. The predicted octanol–water partition coefficient (Wildman–Crippen LogP) is 2.40. The van der Waals surface area contributed by atoms with Gasteiger partial charge in [-0.3, -0.25) is 0 Å². The molecule has 0 unspecified atom stereocenters. The lowest BCUT2D eigenvalue weighted by atomic mass is 9.39. The summed E-state index contributed by atoms with van der Waals surface area (Å²) in [7, 11) is 4.21. The molecule has 0 atom stereocenters. The van der Waals surface area contributed by atoms with E-state index in [1.165, 1.54) is 0 Å². The van der Waals surface area contributed by atoms with Gasteiger partial charge in [-0.05, 0) is 44.3 Å². The maximum atomic E-state index is 11.8. The molecular formula is C16H22N2O2. The second kappa shape index (κ2) is 4.77. The van der Waals surface area contributed by atoms with E-state index in [4.69, 9.17) is 4.74 Å². The number of hydrogen-bond acceptors (Lipinski definition) is 3. The summed E-state index contributed by atoms with van der Waals surface area (Å²) in [5.41, 5.74) is 1.50. The van der Waals surface area contributed by atoms with Gasteiger partial charge in [0, 0.05) is 12.1 Å². The third-order valence-corrected chi connectivity index (χ3v) is 4.37. The van der Waals surface area contributed by atoms with Gasteiger partial charge in [-0.25, -0.2) is 4.79 Å². The molecule has 1 aromatic carbocycles. The summed E-state index contributed by atoms with van der Waals surface area (Å²) < 4.78 is 5.28. The van der Waals surface area contributed by atoms with Crippen molar-refractivity contribution in [2.75, 3.05) is 20.6 Å². The summed E-state index contributed by atoms with van der Waals surface area (Å²) in [4.78, 5) is 14.1. The van der Waals surface area contributed by atoms with Gasteiger partial charge >= 0.3 is 6.09 Å². The van der Waals surface area contributed by atoms with E-state index >= 15 is 0 Å². The fraction of sp³-hybridized carbons (Fsp3) is 0.562. The van der Waals surface area contributed by atoms with Crippen molar-refractivity contribution in [1.82, 2.24) is 10.2 Å². The molecule has 4 nitrogen and oxygen atoms in total. The Morgan fingerprint density at radius 1 is 1.25 bits per heavy atom. The first-order valence-electron chi connectivity index (χ1n) is 7.15. The van der Waals surface area contributed by atoms with Crippen molar-refractivity contribution < 1.29 is 9.53 Å². The number of nitrogens with zero attached hydrogens (tertiary/aromatic N) is 1. The number of carbonyl (C=O) groups is 1. The Hall–Kier alpha value is -1.55. The van der Waals surface area contributed by atoms with Gasteiger partial charge in [0.15, 0.2) is 0 Å². The minimum atomic E-state index is -0.285. The van der Waals surface area contributed by atoms with Crippen LogP contribution in [0.15, 0.2) is 30.3 Å². The average molecular weight is 274 g/mol. The van der Waals surface area contributed by atoms with Crippen LogP contribution in [0.25, 0.3) is 0 Å². The van der Waals surface area contributed by atoms with Crippen LogP contribution in [0.2, 0.25) is 0 Å². The summed E-state index contributed by atoms with van der Waals surface area (Å²) >= 11 is 0. The first kappa shape index (κ1) is 13.4. The van der Waals surface area contributed by atoms with Gasteiger partial charge in [0.25, 0.3) is 0 Å². The minimum Gasteiger partial charge on any atom is -0.445 e. The largest absolute Gasteiger partial charge is 0.445 e. The molecule has 1 amide bonds. The third-order valence-electron chi connectivity index (χ3n) is 4.37. The molecular weight excluding hydrogens is 252 g/mol. The van der Waals surface area contributed by atoms with Crippen LogP contribution in [0, 0.1) is 5.41 Å². The smallest absolute Gasteiger partial charge is 0.407 e. The fourth-order valence-electron chi connectivity index (χ4n) is 3.94. The quantitative estimate of drug-likeness (QED) is 0.896. The molecule has 0 aromatic heterocycles. The number of rotatable bonds is 5. The molecule has 3 fully saturated rings. The number of alkyl carbamates (subject to hydrolysis) is 1. The van der Waals surface area contributed by atoms with Crippen LogP contribution in [0.3, 0.4) is 0 Å². The lowest BCUT2D eigenvalue weighted by molar-refractivity contribution is -0.158. The Balaban J connectivity index is 1.41. The Kier molecular flexibility index (Phi) is 3.21. The Bertz CT molecular complexity index is 479. The maximum absolute atomic E-state index is 11.8. The fourth-order valence-corrected chi connectivity index (χ4v) is 3.94. The lowest BCUT2D eigenvalue weighted by Gasteiger charge is -2.71. The first-order valence-corrected chi connectivity index (χ1v) is 7.15. The topological polar surface area (TPSA) is 41.6 Å². The number of amides is 1. The van der Waals surface area contributed by atoms with Crippen molar-refractivity contribution in [2.45, 2.75) is 31.4 Å². The van der Waals surface area contributed by atoms with Gasteiger partial charge in [-0.2, -0.15) is 0 Å². The summed E-state index contributed by atoms with van der Waals surface area (Å²) in [6.45, 7) is 1.46. The molecule has 20 heavy (non-hydrogen) atoms. The number of carbonyl (C=O) groups excluding carboxylic acids is 1. The molecule has 0 heterocycles. The molecule has 0 radical (unpaired) electrons. The van der Waals surface area contributed by atoms with Gasteiger partial charge < -0.3 is 15.0 Å². The molecule has 3 aliphatic carbocycles. The molecule has 1 aromatic rings. The lowest BCUT2D eigenvalue weighted by Crippen LogP contribution is -2.76. The summed E-state index contributed by atoms with van der Waals surface area (Å²) in [5.74, 6) is 0. The maximum Gasteiger partial charge on any atom is 0.407 e. The van der Waals surface area contributed by atoms with Crippen LogP contribution in [-0.4, -0.2) is 37.2 Å². The van der Waals surface area contributed by atoms with E-state index in [0.29, 0.717) is 12.0 Å². The zero-order valence-electron chi connectivity index (χ0n) is 12.2. The van der Waals surface area contributed by atoms with Crippen LogP contribution >= 0.6 is 0 Å². The van der Waals surface area contributed by atoms with E-state index in [1.807, 2.05) is 30.3 Å². The highest BCUT2D eigenvalue weighted by Gasteiger charge is 2.68. The number of benzene rings is 1. The van der Waals surface area contributed by atoms with Gasteiger partial charge in [0.1, 0.15) is 6.61 Å². The van der Waals surface area contributed by atoms with Gasteiger partial charge in [-0.15, -0.1) is 0 Å². The summed E-state index contributed by atoms with van der Waals surface area (Å²) in [5, 5.41) is 3.05. The Morgan fingerprint density at radius 3 is 2.50 bits per heavy atom. The highest BCUT2D eigenvalue weighted by atomic mass is 16.5. The van der Waals surface area contributed by atoms with Crippen LogP contribution in [-0.2, 0) is 11.3 Å². The normalized spacial score (nSPS) is 30.4. The molecule has 108 valence electrons. The average Bonchev–Trinajstić information content (AvgIpc) is 2.33. The van der Waals surface area contributed by atoms with Gasteiger partial charge in [-0.1, -0.05) is 30.3 Å². The second-order valence-corrected chi connectivity index (χ2v) is 6.74. The van der Waals surface area contributed by atoms with Crippen molar-refractivity contribution in [3.8, 4) is 0 Å². The molecule has 2 bridgehead atoms. The zero-order valence-corrected chi connectivity index (χ0v) is 12.2. The number of hydrogen-bond donors (Lipinski definition) is 1. The monoisotopic (exact) mass is 274 g/mol. The van der Waals surface area contributed by atoms with Crippen molar-refractivity contribution in [1.29, 1.82) is 0 Å². The van der Waals surface area contributed by atoms with Crippen molar-refractivity contribution in [3.05, 3.63) is 35.9 Å². The molecule has 3 saturated carbocycles. The van der Waals surface area contributed by atoms with Crippen LogP contribution in [0.4, 0.5) is 4.79 Å². The predicted molar refractivity (Wildman–Crippen MR) is 77.3 cm³/mol. The highest BCUT2D eigenvalue weighted by molar-refractivity contribution is 5.69. The van der Waals surface area contributed by atoms with E-state index < -0.39 is 0 Å². The molecule has 4 rings (SSSR count). The van der Waals surface area contributed by atoms with Crippen LogP contribution in [0.1, 0.15) is 24.8 Å². The minimum absolute atomic E-state index is 0.0315. The molecule has 1 N–H and O–H groups in total. The molecule has 0 spiro atoms. The van der Waals surface area contributed by atoms with Crippen molar-refractivity contribution in [3.63, 3.8) is 0 Å². The van der Waals surface area contributed by atoms with E-state index in [9.17, 15) is 4.79 Å². The molecule has 4 heteroatoms. The number of nitrogens with one attached hydrogen (secondary N) is 1. The third kappa shape index (κ3) is 2.52. The Morgan fingerprint density at radius 2 is 1.90 bits per heavy atom. The van der Waals surface area contributed by atoms with E-state index in [-0.39, 0.29) is 11.6 Å². The van der Waals surface area contributed by atoms with Gasteiger partial charge in [0.05, 0.1) is 0 Å². The van der Waals surface area contributed by atoms with Gasteiger partial charge in [0.2, 0.25) is 0 Å². The first-order chi connectivity index (χ1) is 9.51. The zero-order chi connectivity index (χ0) is 14.2. The van der Waals surface area contributed by atoms with E-state index in [0.717, 1.165) is 31.4 Å². The second-order valence-electron chi connectivity index (χ2n) is 6.74. The Labute approximate surface area is 120 Å². The molecule has 0 saturated heterocycles. The molecule has 0 aliphatic heterocycles. The van der Waals surface area contributed by atoms with Crippen LogP contribution < -0.4 is 5.32 Å². The van der Waals surface area contributed by atoms with E-state index in [1.54, 1.807) is 0 Å². The van der Waals surface area contributed by atoms with Crippen molar-refractivity contribution >= 4 is 6.09 Å². The standard InChI is InChI=1S/C16H22N2O2/c1-18(2)12-15-9-16(10-15,11-15)17-14(19)20-8-13-6-4-3-5-7-13/h3-7H,8-12H2,1-2H3,(H,17,19). The molecule has 3 aliphatic rings. The SMILES string of the molecule is CN(C)CC12CC(NC(=O)OCc3ccccc3)(C1)C2. The van der Waals surface area contributed by atoms with E-state index in [2.05, 4.69) is 24.3 Å². The summed E-state index contributed by atoms with van der Waals surface area (Å²) in [6.07, 6.45) is 3.00. The highest BCUT2D eigenvalue weighted by Crippen LogP contribution is 2.67. The van der Waals surface area contributed by atoms with Crippen LogP contribution in [0.5, 0.6) is 0 Å².